The highest BCUT2D eigenvalue weighted by Crippen LogP contribution is 1.91. The minimum absolute atomic E-state index is 0.317. The minimum Gasteiger partial charge on any atom is -0.305 e. The molecule has 1 rings (SSSR count). The van der Waals surface area contributed by atoms with Gasteiger partial charge < -0.3 is 5.41 Å². The second-order valence-corrected chi connectivity index (χ2v) is 1.72. The second-order valence-electron chi connectivity index (χ2n) is 1.72. The molecule has 0 saturated heterocycles. The van der Waals surface area contributed by atoms with Gasteiger partial charge in [-0.15, -0.1) is 0 Å². The first kappa shape index (κ1) is 6.61. The number of hydrogen-bond donors (Lipinski definition) is 1. The molecule has 1 aromatic rings. The van der Waals surface area contributed by atoms with Gasteiger partial charge in [-0.05, 0) is 12.1 Å². The number of Topliss-reactive ketones (excluding diaryl/α,β-unsaturated/α-hetero) is 1. The van der Waals surface area contributed by atoms with Crippen molar-refractivity contribution >= 4 is 12.0 Å². The van der Waals surface area contributed by atoms with E-state index in [9.17, 15) is 4.79 Å². The van der Waals surface area contributed by atoms with Gasteiger partial charge in [-0.3, -0.25) is 9.78 Å². The average Bonchev–Trinajstić information content (AvgIpc) is 2.05. The van der Waals surface area contributed by atoms with Crippen LogP contribution in [0, 0.1) is 5.41 Å². The van der Waals surface area contributed by atoms with E-state index in [1.807, 2.05) is 0 Å². The summed E-state index contributed by atoms with van der Waals surface area (Å²) in [5.74, 6) is -0.361. The molecule has 0 aliphatic heterocycles. The lowest BCUT2D eigenvalue weighted by Gasteiger charge is -1.89. The van der Waals surface area contributed by atoms with Crippen molar-refractivity contribution in [1.82, 2.24) is 4.98 Å². The summed E-state index contributed by atoms with van der Waals surface area (Å²) in [4.78, 5) is 14.5. The van der Waals surface area contributed by atoms with Gasteiger partial charge >= 0.3 is 0 Å². The third kappa shape index (κ3) is 1.25. The van der Waals surface area contributed by atoms with Crippen LogP contribution in [0.2, 0.25) is 0 Å². The lowest BCUT2D eigenvalue weighted by atomic mass is 10.3. The molecule has 1 N–H and O–H groups in total. The zero-order chi connectivity index (χ0) is 7.40. The first-order valence-electron chi connectivity index (χ1n) is 2.80. The molecule has 0 atom stereocenters. The second kappa shape index (κ2) is 2.87. The van der Waals surface area contributed by atoms with Crippen LogP contribution in [0.4, 0.5) is 0 Å². The minimum atomic E-state index is -0.361. The third-order valence-corrected chi connectivity index (χ3v) is 1.05. The SMILES string of the molecule is N=CC(=O)c1ccccn1. The molecule has 0 radical (unpaired) electrons. The highest BCUT2D eigenvalue weighted by molar-refractivity contribution is 6.33. The zero-order valence-electron chi connectivity index (χ0n) is 5.24. The van der Waals surface area contributed by atoms with E-state index in [-0.39, 0.29) is 5.78 Å². The Morgan fingerprint density at radius 1 is 1.60 bits per heavy atom. The number of aromatic nitrogens is 1. The zero-order valence-corrected chi connectivity index (χ0v) is 5.24. The maximum Gasteiger partial charge on any atom is 0.221 e. The van der Waals surface area contributed by atoms with Crippen molar-refractivity contribution in [3.63, 3.8) is 0 Å². The van der Waals surface area contributed by atoms with E-state index < -0.39 is 0 Å². The predicted octanol–water partition coefficient (Wildman–Crippen LogP) is 0.914. The normalized spacial score (nSPS) is 8.80. The maximum atomic E-state index is 10.7. The molecular formula is C7H6N2O. The van der Waals surface area contributed by atoms with Crippen LogP contribution in [0.1, 0.15) is 10.5 Å². The maximum absolute atomic E-state index is 10.7. The van der Waals surface area contributed by atoms with Crippen LogP contribution in [0.25, 0.3) is 0 Å². The van der Waals surface area contributed by atoms with Crippen LogP contribution in [0.15, 0.2) is 24.4 Å². The Morgan fingerprint density at radius 3 is 2.90 bits per heavy atom. The monoisotopic (exact) mass is 134 g/mol. The van der Waals surface area contributed by atoms with Crippen molar-refractivity contribution in [1.29, 1.82) is 5.41 Å². The van der Waals surface area contributed by atoms with E-state index in [2.05, 4.69) is 4.98 Å². The lowest BCUT2D eigenvalue weighted by molar-refractivity contribution is 0.106. The Labute approximate surface area is 58.2 Å². The number of carbonyl (C=O) groups is 1. The smallest absolute Gasteiger partial charge is 0.221 e. The van der Waals surface area contributed by atoms with Crippen LogP contribution in [0.5, 0.6) is 0 Å². The van der Waals surface area contributed by atoms with Crippen LogP contribution in [0.3, 0.4) is 0 Å². The summed E-state index contributed by atoms with van der Waals surface area (Å²) in [7, 11) is 0. The number of pyridine rings is 1. The number of rotatable bonds is 2. The molecule has 0 fully saturated rings. The van der Waals surface area contributed by atoms with Gasteiger partial charge in [0, 0.05) is 6.20 Å². The number of ketones is 1. The molecule has 0 bridgehead atoms. The van der Waals surface area contributed by atoms with Gasteiger partial charge in [0.1, 0.15) is 5.69 Å². The Balaban J connectivity index is 2.95. The Hall–Kier alpha value is -1.51. The highest BCUT2D eigenvalue weighted by atomic mass is 16.1. The van der Waals surface area contributed by atoms with Crippen molar-refractivity contribution in [2.75, 3.05) is 0 Å². The Bertz CT molecular complexity index is 243. The van der Waals surface area contributed by atoms with Gasteiger partial charge in [0.25, 0.3) is 0 Å². The molecule has 10 heavy (non-hydrogen) atoms. The van der Waals surface area contributed by atoms with Crippen molar-refractivity contribution in [3.8, 4) is 0 Å². The summed E-state index contributed by atoms with van der Waals surface area (Å²) < 4.78 is 0. The van der Waals surface area contributed by atoms with Gasteiger partial charge in [-0.1, -0.05) is 6.07 Å². The molecule has 0 amide bonds. The van der Waals surface area contributed by atoms with E-state index >= 15 is 0 Å². The largest absolute Gasteiger partial charge is 0.305 e. The van der Waals surface area contributed by atoms with Gasteiger partial charge in [0.2, 0.25) is 5.78 Å². The van der Waals surface area contributed by atoms with E-state index in [1.54, 1.807) is 18.2 Å². The standard InChI is InChI=1S/C7H6N2O/c8-5-7(10)6-3-1-2-4-9-6/h1-5,8H. The van der Waals surface area contributed by atoms with Crippen molar-refractivity contribution < 1.29 is 4.79 Å². The fraction of sp³-hybridized carbons (Fsp3) is 0. The molecule has 1 aromatic heterocycles. The van der Waals surface area contributed by atoms with Crippen LogP contribution in [-0.2, 0) is 0 Å². The number of carbonyl (C=O) groups excluding carboxylic acids is 1. The van der Waals surface area contributed by atoms with Crippen LogP contribution in [-0.4, -0.2) is 17.0 Å². The summed E-state index contributed by atoms with van der Waals surface area (Å²) in [6.07, 6.45) is 2.28. The van der Waals surface area contributed by atoms with E-state index in [1.165, 1.54) is 6.20 Å². The molecule has 0 unspecified atom stereocenters. The summed E-state index contributed by atoms with van der Waals surface area (Å²) in [5, 5.41) is 6.63. The summed E-state index contributed by atoms with van der Waals surface area (Å²) >= 11 is 0. The molecule has 3 nitrogen and oxygen atoms in total. The van der Waals surface area contributed by atoms with Crippen LogP contribution < -0.4 is 0 Å². The Morgan fingerprint density at radius 2 is 2.40 bits per heavy atom. The van der Waals surface area contributed by atoms with Gasteiger partial charge in [-0.2, -0.15) is 0 Å². The molecule has 0 aliphatic carbocycles. The van der Waals surface area contributed by atoms with Crippen molar-refractivity contribution in [2.45, 2.75) is 0 Å². The summed E-state index contributed by atoms with van der Waals surface area (Å²) in [6, 6.07) is 5.01. The molecule has 3 heteroatoms. The van der Waals surface area contributed by atoms with Gasteiger partial charge in [0.15, 0.2) is 0 Å². The Kier molecular flexibility index (Phi) is 1.89. The van der Waals surface area contributed by atoms with Crippen LogP contribution >= 0.6 is 0 Å². The first-order valence-corrected chi connectivity index (χ1v) is 2.80. The number of nitrogens with zero attached hydrogens (tertiary/aromatic N) is 1. The average molecular weight is 134 g/mol. The molecule has 1 heterocycles. The van der Waals surface area contributed by atoms with Gasteiger partial charge in [0.05, 0.1) is 6.21 Å². The fourth-order valence-corrected chi connectivity index (χ4v) is 0.582. The molecular weight excluding hydrogens is 128 g/mol. The van der Waals surface area contributed by atoms with E-state index in [0.29, 0.717) is 5.69 Å². The molecule has 50 valence electrons. The van der Waals surface area contributed by atoms with Crippen molar-refractivity contribution in [3.05, 3.63) is 30.1 Å². The molecule has 0 aromatic carbocycles. The van der Waals surface area contributed by atoms with E-state index in [4.69, 9.17) is 5.41 Å². The quantitative estimate of drug-likeness (QED) is 0.483. The van der Waals surface area contributed by atoms with Crippen molar-refractivity contribution in [2.24, 2.45) is 0 Å². The van der Waals surface area contributed by atoms with Gasteiger partial charge in [-0.25, -0.2) is 0 Å². The first-order chi connectivity index (χ1) is 4.84. The lowest BCUT2D eigenvalue weighted by Crippen LogP contribution is -2.00. The summed E-state index contributed by atoms with van der Waals surface area (Å²) in [5.41, 5.74) is 0.317. The molecule has 0 saturated carbocycles. The predicted molar refractivity (Wildman–Crippen MR) is 37.4 cm³/mol. The third-order valence-electron chi connectivity index (χ3n) is 1.05. The topological polar surface area (TPSA) is 53.8 Å². The number of nitrogens with one attached hydrogen (secondary N) is 1. The fourth-order valence-electron chi connectivity index (χ4n) is 0.582. The molecule has 0 aliphatic rings. The van der Waals surface area contributed by atoms with E-state index in [0.717, 1.165) is 6.21 Å². The number of hydrogen-bond acceptors (Lipinski definition) is 3. The highest BCUT2D eigenvalue weighted by Gasteiger charge is 1.99. The summed E-state index contributed by atoms with van der Waals surface area (Å²) in [6.45, 7) is 0. The molecule has 0 spiro atoms.